The van der Waals surface area contributed by atoms with Crippen LogP contribution < -0.4 is 10.2 Å². The molecule has 1 aromatic rings. The molecule has 1 aromatic heterocycles. The molecule has 2 amide bonds. The van der Waals surface area contributed by atoms with Crippen molar-refractivity contribution in [3.05, 3.63) is 24.6 Å². The molecule has 2 aliphatic rings. The van der Waals surface area contributed by atoms with Crippen LogP contribution in [-0.4, -0.2) is 27.8 Å². The summed E-state index contributed by atoms with van der Waals surface area (Å²) >= 11 is 0. The molecule has 2 atom stereocenters. The SMILES string of the molecule is CC.CC[CH-]NC(=O)C1C(=O)N(C2CCCC2)c2ncncc2CC1C.[Y].[Y]. The second-order valence-corrected chi connectivity index (χ2v) is 6.80. The molecule has 1 fully saturated rings. The van der Waals surface area contributed by atoms with Crippen molar-refractivity contribution in [2.75, 3.05) is 4.90 Å². The van der Waals surface area contributed by atoms with Crippen LogP contribution in [0.4, 0.5) is 5.82 Å². The minimum atomic E-state index is -0.678. The fourth-order valence-corrected chi connectivity index (χ4v) is 3.85. The van der Waals surface area contributed by atoms with Crippen molar-refractivity contribution in [1.29, 1.82) is 0 Å². The van der Waals surface area contributed by atoms with Crippen LogP contribution in [-0.2, 0) is 81.4 Å². The van der Waals surface area contributed by atoms with Gasteiger partial charge in [0.05, 0.1) is 0 Å². The van der Waals surface area contributed by atoms with Gasteiger partial charge in [0.15, 0.2) is 0 Å². The minimum Gasteiger partial charge on any atom is -0.505 e. The predicted molar refractivity (Wildman–Crippen MR) is 102 cm³/mol. The van der Waals surface area contributed by atoms with E-state index in [9.17, 15) is 9.59 Å². The molecule has 0 spiro atoms. The molecular formula is C20H31N4O2Y2-. The molecule has 2 unspecified atom stereocenters. The second-order valence-electron chi connectivity index (χ2n) is 6.80. The van der Waals surface area contributed by atoms with Crippen molar-refractivity contribution < 1.29 is 75.0 Å². The van der Waals surface area contributed by atoms with Gasteiger partial charge < -0.3 is 5.32 Å². The Labute approximate surface area is 219 Å². The summed E-state index contributed by atoms with van der Waals surface area (Å²) < 4.78 is 0. The van der Waals surface area contributed by atoms with Crippen molar-refractivity contribution in [3.63, 3.8) is 0 Å². The van der Waals surface area contributed by atoms with E-state index in [1.165, 1.54) is 6.33 Å². The number of carbonyl (C=O) groups is 2. The average Bonchev–Trinajstić information content (AvgIpc) is 3.14. The van der Waals surface area contributed by atoms with E-state index in [4.69, 9.17) is 0 Å². The molecule has 2 heterocycles. The van der Waals surface area contributed by atoms with E-state index >= 15 is 0 Å². The minimum absolute atomic E-state index is 0. The van der Waals surface area contributed by atoms with E-state index in [0.717, 1.165) is 37.7 Å². The molecule has 6 nitrogen and oxygen atoms in total. The number of carbonyl (C=O) groups excluding carboxylic acids is 2. The first-order valence-electron chi connectivity index (χ1n) is 9.87. The summed E-state index contributed by atoms with van der Waals surface area (Å²) in [6.45, 7) is 9.62. The van der Waals surface area contributed by atoms with Crippen LogP contribution in [0.5, 0.6) is 0 Å². The first-order valence-corrected chi connectivity index (χ1v) is 9.87. The van der Waals surface area contributed by atoms with E-state index in [-0.39, 0.29) is 89.2 Å². The molecule has 0 saturated heterocycles. The third-order valence-electron chi connectivity index (χ3n) is 5.03. The maximum Gasteiger partial charge on any atom is 0.241 e. The van der Waals surface area contributed by atoms with Gasteiger partial charge in [-0.1, -0.05) is 40.5 Å². The van der Waals surface area contributed by atoms with Crippen molar-refractivity contribution in [1.82, 2.24) is 15.3 Å². The van der Waals surface area contributed by atoms with Crippen molar-refractivity contribution in [3.8, 4) is 0 Å². The van der Waals surface area contributed by atoms with Gasteiger partial charge in [-0.05, 0) is 25.2 Å². The van der Waals surface area contributed by atoms with Gasteiger partial charge in [-0.2, -0.15) is 6.42 Å². The van der Waals surface area contributed by atoms with Gasteiger partial charge in [0.1, 0.15) is 18.1 Å². The number of amides is 2. The van der Waals surface area contributed by atoms with E-state index < -0.39 is 5.92 Å². The van der Waals surface area contributed by atoms with Gasteiger partial charge in [-0.15, -0.1) is 0 Å². The number of nitrogens with one attached hydrogen (secondary N) is 1. The summed E-state index contributed by atoms with van der Waals surface area (Å²) in [7, 11) is 0. The largest absolute Gasteiger partial charge is 0.505 e. The van der Waals surface area contributed by atoms with Crippen LogP contribution in [0.3, 0.4) is 0 Å². The van der Waals surface area contributed by atoms with Crippen LogP contribution in [0.15, 0.2) is 12.5 Å². The Bertz CT molecular complexity index is 624. The second kappa shape index (κ2) is 14.3. The summed E-state index contributed by atoms with van der Waals surface area (Å²) in [4.78, 5) is 36.2. The molecule has 1 aliphatic heterocycles. The Kier molecular flexibility index (Phi) is 14.4. The van der Waals surface area contributed by atoms with Crippen molar-refractivity contribution in [2.24, 2.45) is 11.8 Å². The molecule has 1 N–H and O–H groups in total. The average molecular weight is 537 g/mol. The quantitative estimate of drug-likeness (QED) is 0.473. The molecule has 28 heavy (non-hydrogen) atoms. The van der Waals surface area contributed by atoms with Crippen LogP contribution in [0.1, 0.15) is 65.4 Å². The van der Waals surface area contributed by atoms with Crippen LogP contribution in [0.25, 0.3) is 0 Å². The first kappa shape index (κ1) is 28.2. The van der Waals surface area contributed by atoms with Crippen LogP contribution >= 0.6 is 0 Å². The zero-order chi connectivity index (χ0) is 19.1. The maximum absolute atomic E-state index is 13.3. The molecule has 150 valence electrons. The number of rotatable bonds is 4. The van der Waals surface area contributed by atoms with Crippen molar-refractivity contribution in [2.45, 2.75) is 72.3 Å². The van der Waals surface area contributed by atoms with Crippen LogP contribution in [0, 0.1) is 18.4 Å². The Morgan fingerprint density at radius 3 is 2.54 bits per heavy atom. The molecule has 0 bridgehead atoms. The summed E-state index contributed by atoms with van der Waals surface area (Å²) in [5.74, 6) is -0.392. The zero-order valence-corrected chi connectivity index (χ0v) is 23.2. The Morgan fingerprint density at radius 1 is 1.29 bits per heavy atom. The molecule has 2 radical (unpaired) electrons. The molecular weight excluding hydrogens is 506 g/mol. The fourth-order valence-electron chi connectivity index (χ4n) is 3.85. The maximum atomic E-state index is 13.3. The zero-order valence-electron chi connectivity index (χ0n) is 17.5. The smallest absolute Gasteiger partial charge is 0.241 e. The van der Waals surface area contributed by atoms with Gasteiger partial charge in [-0.25, -0.2) is 16.5 Å². The van der Waals surface area contributed by atoms with E-state index in [1.54, 1.807) is 17.6 Å². The fraction of sp³-hybridized carbons (Fsp3) is 0.650. The first-order chi connectivity index (χ1) is 12.6. The number of hydrogen-bond acceptors (Lipinski definition) is 4. The Balaban J connectivity index is 0.00000177. The monoisotopic (exact) mass is 537 g/mol. The van der Waals surface area contributed by atoms with Gasteiger partial charge in [0, 0.05) is 83.2 Å². The standard InChI is InChI=1S/C18H25N4O2.C2H6.2Y/c1-3-8-20-17(23)15-12(2)9-13-10-19-11-21-16(13)22(18(15)24)14-6-4-5-7-14;1-2;;/h8,10-12,14-15H,3-7,9H2,1-2H3,(H,20,23);1-2H3;;/q-1;;;. The molecule has 3 rings (SSSR count). The third kappa shape index (κ3) is 6.62. The normalized spacial score (nSPS) is 21.3. The van der Waals surface area contributed by atoms with E-state index in [2.05, 4.69) is 15.3 Å². The molecule has 8 heteroatoms. The van der Waals surface area contributed by atoms with E-state index in [0.29, 0.717) is 12.2 Å². The summed E-state index contributed by atoms with van der Waals surface area (Å²) in [5.41, 5.74) is 0.958. The third-order valence-corrected chi connectivity index (χ3v) is 5.03. The number of nitrogens with zero attached hydrogens (tertiary/aromatic N) is 3. The Hall–Kier alpha value is 0.228. The topological polar surface area (TPSA) is 75.2 Å². The number of fused-ring (bicyclic) bond motifs is 1. The van der Waals surface area contributed by atoms with Gasteiger partial charge >= 0.3 is 0 Å². The summed E-state index contributed by atoms with van der Waals surface area (Å²) in [6.07, 6.45) is 8.82. The summed E-state index contributed by atoms with van der Waals surface area (Å²) in [6, 6.07) is 0.141. The number of aromatic nitrogens is 2. The van der Waals surface area contributed by atoms with Crippen molar-refractivity contribution >= 4 is 17.6 Å². The van der Waals surface area contributed by atoms with Gasteiger partial charge in [0.2, 0.25) is 11.8 Å². The van der Waals surface area contributed by atoms with Gasteiger partial charge in [-0.3, -0.25) is 14.5 Å². The molecule has 1 saturated carbocycles. The molecule has 0 aromatic carbocycles. The summed E-state index contributed by atoms with van der Waals surface area (Å²) in [5, 5.41) is 2.78. The number of anilines is 1. The molecule has 1 aliphatic carbocycles. The van der Waals surface area contributed by atoms with E-state index in [1.807, 2.05) is 27.7 Å². The van der Waals surface area contributed by atoms with Gasteiger partial charge in [0.25, 0.3) is 0 Å². The Morgan fingerprint density at radius 2 is 1.93 bits per heavy atom. The van der Waals surface area contributed by atoms with Crippen LogP contribution in [0.2, 0.25) is 0 Å². The number of hydrogen-bond donors (Lipinski definition) is 1. The predicted octanol–water partition coefficient (Wildman–Crippen LogP) is 3.27.